The lowest BCUT2D eigenvalue weighted by atomic mass is 9.93. The molecule has 0 unspecified atom stereocenters. The third-order valence-electron chi connectivity index (χ3n) is 10.9. The van der Waals surface area contributed by atoms with Gasteiger partial charge in [-0.25, -0.2) is 15.0 Å². The van der Waals surface area contributed by atoms with Gasteiger partial charge in [0.1, 0.15) is 11.2 Å². The van der Waals surface area contributed by atoms with Crippen LogP contribution in [0.25, 0.3) is 111 Å². The normalized spacial score (nSPS) is 11.5. The highest BCUT2D eigenvalue weighted by molar-refractivity contribution is 6.19. The van der Waals surface area contributed by atoms with E-state index in [0.717, 1.165) is 60.5 Å². The van der Waals surface area contributed by atoms with Gasteiger partial charge in [-0.15, -0.1) is 0 Å². The molecular formula is C53H33N3O. The minimum atomic E-state index is 0.630. The van der Waals surface area contributed by atoms with Crippen molar-refractivity contribution in [1.29, 1.82) is 0 Å². The topological polar surface area (TPSA) is 51.8 Å². The van der Waals surface area contributed by atoms with Crippen LogP contribution in [-0.2, 0) is 0 Å². The molecule has 11 rings (SSSR count). The van der Waals surface area contributed by atoms with E-state index in [1.807, 2.05) is 30.3 Å². The highest BCUT2D eigenvalue weighted by atomic mass is 16.3. The van der Waals surface area contributed by atoms with Gasteiger partial charge in [-0.1, -0.05) is 170 Å². The fraction of sp³-hybridized carbons (Fsp3) is 0. The number of hydrogen-bond acceptors (Lipinski definition) is 4. The van der Waals surface area contributed by atoms with Gasteiger partial charge in [-0.05, 0) is 79.9 Å². The summed E-state index contributed by atoms with van der Waals surface area (Å²) in [7, 11) is 0. The van der Waals surface area contributed by atoms with Crippen molar-refractivity contribution >= 4 is 43.5 Å². The zero-order chi connectivity index (χ0) is 37.7. The molecule has 2 heterocycles. The van der Waals surface area contributed by atoms with Crippen molar-refractivity contribution in [3.63, 3.8) is 0 Å². The second-order valence-corrected chi connectivity index (χ2v) is 14.4. The molecule has 11 aromatic rings. The molecule has 0 atom stereocenters. The molecule has 9 aromatic carbocycles. The molecule has 0 aliphatic carbocycles. The highest BCUT2D eigenvalue weighted by Crippen LogP contribution is 2.41. The number of benzene rings is 9. The third-order valence-corrected chi connectivity index (χ3v) is 10.9. The van der Waals surface area contributed by atoms with Crippen LogP contribution in [0, 0.1) is 0 Å². The molecule has 4 heteroatoms. The van der Waals surface area contributed by atoms with Crippen LogP contribution in [-0.4, -0.2) is 15.0 Å². The van der Waals surface area contributed by atoms with Gasteiger partial charge < -0.3 is 4.42 Å². The summed E-state index contributed by atoms with van der Waals surface area (Å²) in [6.45, 7) is 0. The van der Waals surface area contributed by atoms with E-state index in [1.54, 1.807) is 0 Å². The van der Waals surface area contributed by atoms with Gasteiger partial charge in [0.05, 0.1) is 0 Å². The van der Waals surface area contributed by atoms with Gasteiger partial charge in [-0.2, -0.15) is 0 Å². The minimum absolute atomic E-state index is 0.630. The SMILES string of the molecule is c1ccc(-c2cccc(-c3cc4c5cc(-c6ccc(-c7nc(-c8ccccc8)nc(-c8ccc9ccccc9c8)n7)cc6)ccc5oc4c4ccccc34)c2)cc1. The van der Waals surface area contributed by atoms with Crippen LogP contribution in [0.15, 0.2) is 205 Å². The molecule has 0 aliphatic heterocycles. The number of hydrogen-bond donors (Lipinski definition) is 0. The monoisotopic (exact) mass is 727 g/mol. The summed E-state index contributed by atoms with van der Waals surface area (Å²) in [4.78, 5) is 15.0. The van der Waals surface area contributed by atoms with Crippen LogP contribution >= 0.6 is 0 Å². The van der Waals surface area contributed by atoms with Crippen molar-refractivity contribution in [2.24, 2.45) is 0 Å². The average Bonchev–Trinajstić information content (AvgIpc) is 3.67. The standard InChI is InChI=1S/C53H33N3O/c1-3-12-34(13-4-1)40-18-11-19-42(30-40)46-33-48-47-32-41(28-29-49(47)57-50(48)45-21-10-9-20-44(45)46)36-22-25-38(26-23-36)52-54-51(37-15-5-2-6-16-37)55-53(56-52)43-27-24-35-14-7-8-17-39(35)31-43/h1-33H. The van der Waals surface area contributed by atoms with Crippen LogP contribution in [0.3, 0.4) is 0 Å². The Kier molecular flexibility index (Phi) is 7.78. The lowest BCUT2D eigenvalue weighted by molar-refractivity contribution is 0.673. The molecule has 0 N–H and O–H groups in total. The molecule has 57 heavy (non-hydrogen) atoms. The predicted molar refractivity (Wildman–Crippen MR) is 235 cm³/mol. The Morgan fingerprint density at radius 1 is 0.281 bits per heavy atom. The van der Waals surface area contributed by atoms with E-state index in [4.69, 9.17) is 19.4 Å². The summed E-state index contributed by atoms with van der Waals surface area (Å²) in [5.74, 6) is 1.92. The third kappa shape index (κ3) is 5.92. The molecule has 0 spiro atoms. The molecule has 0 radical (unpaired) electrons. The fourth-order valence-electron chi connectivity index (χ4n) is 8.00. The summed E-state index contributed by atoms with van der Waals surface area (Å²) < 4.78 is 6.61. The first-order chi connectivity index (χ1) is 28.2. The summed E-state index contributed by atoms with van der Waals surface area (Å²) in [5, 5.41) is 6.78. The first kappa shape index (κ1) is 32.7. The molecule has 266 valence electrons. The molecule has 0 saturated heterocycles. The van der Waals surface area contributed by atoms with Crippen molar-refractivity contribution in [3.05, 3.63) is 200 Å². The molecule has 0 saturated carbocycles. The molecule has 2 aromatic heterocycles. The smallest absolute Gasteiger partial charge is 0.164 e. The van der Waals surface area contributed by atoms with Crippen molar-refractivity contribution in [2.45, 2.75) is 0 Å². The number of rotatable bonds is 6. The van der Waals surface area contributed by atoms with E-state index < -0.39 is 0 Å². The number of nitrogens with zero attached hydrogens (tertiary/aromatic N) is 3. The van der Waals surface area contributed by atoms with Crippen molar-refractivity contribution < 1.29 is 4.42 Å². The molecule has 0 aliphatic rings. The van der Waals surface area contributed by atoms with Crippen molar-refractivity contribution in [2.75, 3.05) is 0 Å². The largest absolute Gasteiger partial charge is 0.455 e. The Morgan fingerprint density at radius 2 is 0.807 bits per heavy atom. The second-order valence-electron chi connectivity index (χ2n) is 14.4. The lowest BCUT2D eigenvalue weighted by Gasteiger charge is -2.10. The van der Waals surface area contributed by atoms with Gasteiger partial charge in [-0.3, -0.25) is 0 Å². The first-order valence-electron chi connectivity index (χ1n) is 19.2. The van der Waals surface area contributed by atoms with Crippen LogP contribution in [0.5, 0.6) is 0 Å². The Labute approximate surface area is 329 Å². The highest BCUT2D eigenvalue weighted by Gasteiger charge is 2.17. The maximum absolute atomic E-state index is 6.61. The zero-order valence-electron chi connectivity index (χ0n) is 30.8. The van der Waals surface area contributed by atoms with Crippen LogP contribution < -0.4 is 0 Å². The summed E-state index contributed by atoms with van der Waals surface area (Å²) in [6, 6.07) is 70.0. The second kappa shape index (κ2) is 13.6. The van der Waals surface area contributed by atoms with Crippen LogP contribution in [0.4, 0.5) is 0 Å². The van der Waals surface area contributed by atoms with E-state index in [0.29, 0.717) is 17.5 Å². The number of furan rings is 1. The van der Waals surface area contributed by atoms with Gasteiger partial charge in [0.25, 0.3) is 0 Å². The number of fused-ring (bicyclic) bond motifs is 6. The van der Waals surface area contributed by atoms with E-state index >= 15 is 0 Å². The maximum Gasteiger partial charge on any atom is 0.164 e. The first-order valence-corrected chi connectivity index (χ1v) is 19.2. The van der Waals surface area contributed by atoms with E-state index in [2.05, 4.69) is 170 Å². The van der Waals surface area contributed by atoms with Crippen molar-refractivity contribution in [3.8, 4) is 67.5 Å². The minimum Gasteiger partial charge on any atom is -0.455 e. The Balaban J connectivity index is 0.996. The fourth-order valence-corrected chi connectivity index (χ4v) is 8.00. The summed E-state index contributed by atoms with van der Waals surface area (Å²) in [6.07, 6.45) is 0. The van der Waals surface area contributed by atoms with Gasteiger partial charge >= 0.3 is 0 Å². The van der Waals surface area contributed by atoms with Gasteiger partial charge in [0, 0.05) is 32.8 Å². The van der Waals surface area contributed by atoms with E-state index in [-0.39, 0.29) is 0 Å². The molecule has 4 nitrogen and oxygen atoms in total. The zero-order valence-corrected chi connectivity index (χ0v) is 30.8. The lowest BCUT2D eigenvalue weighted by Crippen LogP contribution is -2.00. The predicted octanol–water partition coefficient (Wildman–Crippen LogP) is 14.1. The van der Waals surface area contributed by atoms with Crippen LogP contribution in [0.2, 0.25) is 0 Å². The Morgan fingerprint density at radius 3 is 1.58 bits per heavy atom. The number of aromatic nitrogens is 3. The quantitative estimate of drug-likeness (QED) is 0.171. The Bertz CT molecular complexity index is 3280. The van der Waals surface area contributed by atoms with Gasteiger partial charge in [0.2, 0.25) is 0 Å². The molecule has 0 amide bonds. The van der Waals surface area contributed by atoms with E-state index in [1.165, 1.54) is 33.0 Å². The average molecular weight is 728 g/mol. The summed E-state index contributed by atoms with van der Waals surface area (Å²) >= 11 is 0. The molecule has 0 fully saturated rings. The Hall–Kier alpha value is -7.69. The summed E-state index contributed by atoms with van der Waals surface area (Å²) in [5.41, 5.74) is 11.5. The molecular weight excluding hydrogens is 695 g/mol. The molecule has 0 bridgehead atoms. The van der Waals surface area contributed by atoms with Crippen LogP contribution in [0.1, 0.15) is 0 Å². The van der Waals surface area contributed by atoms with Crippen molar-refractivity contribution in [1.82, 2.24) is 15.0 Å². The van der Waals surface area contributed by atoms with Gasteiger partial charge in [0.15, 0.2) is 17.5 Å². The van der Waals surface area contributed by atoms with E-state index in [9.17, 15) is 0 Å². The maximum atomic E-state index is 6.61.